The van der Waals surface area contributed by atoms with E-state index in [2.05, 4.69) is 16.0 Å². The molecule has 0 saturated heterocycles. The first-order chi connectivity index (χ1) is 13.0. The van der Waals surface area contributed by atoms with E-state index in [0.717, 1.165) is 29.8 Å². The van der Waals surface area contributed by atoms with Crippen LogP contribution in [0.15, 0.2) is 48.5 Å². The highest BCUT2D eigenvalue weighted by molar-refractivity contribution is 5.94. The van der Waals surface area contributed by atoms with E-state index < -0.39 is 0 Å². The number of anilines is 2. The third-order valence-corrected chi connectivity index (χ3v) is 4.82. The summed E-state index contributed by atoms with van der Waals surface area (Å²) in [7, 11) is 0. The molecule has 0 aromatic heterocycles. The summed E-state index contributed by atoms with van der Waals surface area (Å²) in [6.45, 7) is 4.60. The molecule has 5 heteroatoms. The molecule has 0 radical (unpaired) electrons. The van der Waals surface area contributed by atoms with Crippen molar-refractivity contribution in [2.45, 2.75) is 39.2 Å². The van der Waals surface area contributed by atoms with Gasteiger partial charge in [-0.2, -0.15) is 0 Å². The molecule has 1 aliphatic rings. The van der Waals surface area contributed by atoms with Gasteiger partial charge >= 0.3 is 0 Å². The maximum atomic E-state index is 12.2. The van der Waals surface area contributed by atoms with E-state index in [1.165, 1.54) is 5.56 Å². The van der Waals surface area contributed by atoms with Crippen molar-refractivity contribution in [2.24, 2.45) is 5.92 Å². The fourth-order valence-electron chi connectivity index (χ4n) is 2.92. The maximum Gasteiger partial charge on any atom is 0.227 e. The fraction of sp³-hybridized carbons (Fsp3) is 0.364. The molecule has 0 spiro atoms. The highest BCUT2D eigenvalue weighted by atomic mass is 16.2. The standard InChI is InChI=1S/C22H27N3O2/c1-15-5-3-4-6-20(15)23-14-13-21(26)24-16(2)17-9-11-19(12-10-17)25-22(27)18-7-8-18/h3-6,9-12,16,18,23H,7-8,13-14H2,1-2H3,(H,24,26)(H,25,27)/t16-/m1/s1. The first-order valence-electron chi connectivity index (χ1n) is 9.52. The van der Waals surface area contributed by atoms with Gasteiger partial charge in [0.25, 0.3) is 0 Å². The largest absolute Gasteiger partial charge is 0.384 e. The topological polar surface area (TPSA) is 70.2 Å². The monoisotopic (exact) mass is 365 g/mol. The minimum Gasteiger partial charge on any atom is -0.384 e. The molecular weight excluding hydrogens is 338 g/mol. The summed E-state index contributed by atoms with van der Waals surface area (Å²) in [6, 6.07) is 15.6. The smallest absolute Gasteiger partial charge is 0.227 e. The van der Waals surface area contributed by atoms with E-state index in [0.29, 0.717) is 13.0 Å². The molecular formula is C22H27N3O2. The molecule has 2 aromatic carbocycles. The Morgan fingerprint density at radius 1 is 1.07 bits per heavy atom. The van der Waals surface area contributed by atoms with Gasteiger partial charge in [-0.05, 0) is 56.0 Å². The molecule has 2 amide bonds. The summed E-state index contributed by atoms with van der Waals surface area (Å²) >= 11 is 0. The van der Waals surface area contributed by atoms with Crippen molar-refractivity contribution in [3.63, 3.8) is 0 Å². The van der Waals surface area contributed by atoms with Crippen molar-refractivity contribution < 1.29 is 9.59 Å². The lowest BCUT2D eigenvalue weighted by Crippen LogP contribution is -2.28. The van der Waals surface area contributed by atoms with Gasteiger partial charge in [0.15, 0.2) is 0 Å². The van der Waals surface area contributed by atoms with E-state index >= 15 is 0 Å². The van der Waals surface area contributed by atoms with Crippen molar-refractivity contribution in [3.05, 3.63) is 59.7 Å². The van der Waals surface area contributed by atoms with Crippen LogP contribution in [0, 0.1) is 12.8 Å². The van der Waals surface area contributed by atoms with E-state index in [1.807, 2.05) is 62.4 Å². The van der Waals surface area contributed by atoms with Crippen LogP contribution in [0.2, 0.25) is 0 Å². The van der Waals surface area contributed by atoms with Crippen LogP contribution in [0.5, 0.6) is 0 Å². The van der Waals surface area contributed by atoms with Gasteiger partial charge in [-0.3, -0.25) is 9.59 Å². The van der Waals surface area contributed by atoms with Crippen LogP contribution in [0.3, 0.4) is 0 Å². The number of benzene rings is 2. The van der Waals surface area contributed by atoms with Gasteiger partial charge in [-0.1, -0.05) is 30.3 Å². The minimum absolute atomic E-state index is 0.00898. The Hall–Kier alpha value is -2.82. The summed E-state index contributed by atoms with van der Waals surface area (Å²) < 4.78 is 0. The Labute approximate surface area is 160 Å². The molecule has 1 atom stereocenters. The van der Waals surface area contributed by atoms with Crippen molar-refractivity contribution in [1.82, 2.24) is 5.32 Å². The Balaban J connectivity index is 1.43. The second-order valence-electron chi connectivity index (χ2n) is 7.17. The van der Waals surface area contributed by atoms with Crippen LogP contribution >= 0.6 is 0 Å². The highest BCUT2D eigenvalue weighted by Gasteiger charge is 2.29. The van der Waals surface area contributed by atoms with Gasteiger partial charge in [0.05, 0.1) is 6.04 Å². The lowest BCUT2D eigenvalue weighted by Gasteiger charge is -2.16. The number of hydrogen-bond acceptors (Lipinski definition) is 3. The van der Waals surface area contributed by atoms with Crippen molar-refractivity contribution in [2.75, 3.05) is 17.2 Å². The number of amides is 2. The number of para-hydroxylation sites is 1. The van der Waals surface area contributed by atoms with Gasteiger partial charge in [-0.15, -0.1) is 0 Å². The average molecular weight is 365 g/mol. The lowest BCUT2D eigenvalue weighted by atomic mass is 10.1. The Morgan fingerprint density at radius 3 is 2.44 bits per heavy atom. The Morgan fingerprint density at radius 2 is 1.78 bits per heavy atom. The third-order valence-electron chi connectivity index (χ3n) is 4.82. The molecule has 0 bridgehead atoms. The summed E-state index contributed by atoms with van der Waals surface area (Å²) in [5, 5.41) is 9.24. The van der Waals surface area contributed by atoms with Crippen molar-refractivity contribution >= 4 is 23.2 Å². The van der Waals surface area contributed by atoms with Crippen molar-refractivity contribution in [1.29, 1.82) is 0 Å². The third kappa shape index (κ3) is 5.58. The predicted octanol–water partition coefficient (Wildman–Crippen LogP) is 4.02. The van der Waals surface area contributed by atoms with Crippen LogP contribution in [-0.4, -0.2) is 18.4 Å². The van der Waals surface area contributed by atoms with Gasteiger partial charge < -0.3 is 16.0 Å². The SMILES string of the molecule is Cc1ccccc1NCCC(=O)N[C@H](C)c1ccc(NC(=O)C2CC2)cc1. The first-order valence-corrected chi connectivity index (χ1v) is 9.52. The Bertz CT molecular complexity index is 797. The molecule has 0 aliphatic heterocycles. The molecule has 142 valence electrons. The first kappa shape index (κ1) is 19.0. The highest BCUT2D eigenvalue weighted by Crippen LogP contribution is 2.30. The summed E-state index contributed by atoms with van der Waals surface area (Å²) in [6.07, 6.45) is 2.39. The zero-order valence-electron chi connectivity index (χ0n) is 15.9. The zero-order chi connectivity index (χ0) is 19.2. The number of hydrogen-bond donors (Lipinski definition) is 3. The number of rotatable bonds is 8. The number of aryl methyl sites for hydroxylation is 1. The molecule has 2 aromatic rings. The molecule has 3 rings (SSSR count). The van der Waals surface area contributed by atoms with Crippen LogP contribution < -0.4 is 16.0 Å². The molecule has 27 heavy (non-hydrogen) atoms. The van der Waals surface area contributed by atoms with Gasteiger partial charge in [-0.25, -0.2) is 0 Å². The summed E-state index contributed by atoms with van der Waals surface area (Å²) in [5.74, 6) is 0.302. The van der Waals surface area contributed by atoms with Gasteiger partial charge in [0, 0.05) is 30.3 Å². The van der Waals surface area contributed by atoms with Gasteiger partial charge in [0.2, 0.25) is 11.8 Å². The zero-order valence-corrected chi connectivity index (χ0v) is 15.9. The quantitative estimate of drug-likeness (QED) is 0.662. The normalized spacial score (nSPS) is 14.3. The maximum absolute atomic E-state index is 12.2. The number of carbonyl (C=O) groups is 2. The Kier molecular flexibility index (Phi) is 6.12. The predicted molar refractivity (Wildman–Crippen MR) is 109 cm³/mol. The van der Waals surface area contributed by atoms with E-state index in [9.17, 15) is 9.59 Å². The van der Waals surface area contributed by atoms with Crippen LogP contribution in [0.25, 0.3) is 0 Å². The second kappa shape index (κ2) is 8.71. The fourth-order valence-corrected chi connectivity index (χ4v) is 2.92. The van der Waals surface area contributed by atoms with Crippen LogP contribution in [0.1, 0.15) is 43.4 Å². The molecule has 3 N–H and O–H groups in total. The average Bonchev–Trinajstić information content (AvgIpc) is 3.49. The summed E-state index contributed by atoms with van der Waals surface area (Å²) in [4.78, 5) is 24.0. The molecule has 0 heterocycles. The lowest BCUT2D eigenvalue weighted by molar-refractivity contribution is -0.121. The van der Waals surface area contributed by atoms with Crippen molar-refractivity contribution in [3.8, 4) is 0 Å². The molecule has 1 saturated carbocycles. The minimum atomic E-state index is -0.0795. The summed E-state index contributed by atoms with van der Waals surface area (Å²) in [5.41, 5.74) is 4.04. The molecule has 5 nitrogen and oxygen atoms in total. The molecule has 1 fully saturated rings. The van der Waals surface area contributed by atoms with E-state index in [-0.39, 0.29) is 23.8 Å². The molecule has 0 unspecified atom stereocenters. The van der Waals surface area contributed by atoms with E-state index in [1.54, 1.807) is 0 Å². The van der Waals surface area contributed by atoms with Crippen LogP contribution in [0.4, 0.5) is 11.4 Å². The molecule has 1 aliphatic carbocycles. The van der Waals surface area contributed by atoms with E-state index in [4.69, 9.17) is 0 Å². The van der Waals surface area contributed by atoms with Crippen LogP contribution in [-0.2, 0) is 9.59 Å². The van der Waals surface area contributed by atoms with Gasteiger partial charge in [0.1, 0.15) is 0 Å². The number of carbonyl (C=O) groups excluding carboxylic acids is 2. The number of nitrogens with one attached hydrogen (secondary N) is 3. The second-order valence-corrected chi connectivity index (χ2v) is 7.17.